The molecule has 0 amide bonds. The Balaban J connectivity index is 2.74. The molecule has 0 unspecified atom stereocenters. The maximum atomic E-state index is 11.7. The lowest BCUT2D eigenvalue weighted by atomic mass is 10.1. The molecule has 1 rings (SSSR count). The van der Waals surface area contributed by atoms with E-state index in [1.54, 1.807) is 6.07 Å². The lowest BCUT2D eigenvalue weighted by molar-refractivity contribution is -0.129. The first-order valence-corrected chi connectivity index (χ1v) is 7.55. The van der Waals surface area contributed by atoms with Crippen molar-refractivity contribution in [1.29, 1.82) is 0 Å². The smallest absolute Gasteiger partial charge is 0.333 e. The molecular weight excluding hydrogens is 263 g/mol. The third kappa shape index (κ3) is 4.60. The standard InChI is InChI=1S/C10H15O5PS/c1-7-4-5-9(17-7)15-10(2,3)8(11)6-16(12,13)14/h4-5H,6H2,1-3H3,(H2,12,13,14). The van der Waals surface area contributed by atoms with E-state index in [2.05, 4.69) is 0 Å². The third-order valence-corrected chi connectivity index (χ3v) is 3.67. The molecule has 2 N–H and O–H groups in total. The molecule has 0 aliphatic carbocycles. The minimum Gasteiger partial charge on any atom is -0.471 e. The van der Waals surface area contributed by atoms with E-state index < -0.39 is 25.1 Å². The van der Waals surface area contributed by atoms with E-state index in [1.807, 2.05) is 13.0 Å². The van der Waals surface area contributed by atoms with Crippen molar-refractivity contribution >= 4 is 24.7 Å². The summed E-state index contributed by atoms with van der Waals surface area (Å²) in [5.41, 5.74) is -1.24. The van der Waals surface area contributed by atoms with Crippen molar-refractivity contribution in [2.75, 3.05) is 6.16 Å². The summed E-state index contributed by atoms with van der Waals surface area (Å²) < 4.78 is 16.2. The summed E-state index contributed by atoms with van der Waals surface area (Å²) in [5.74, 6) is -0.614. The van der Waals surface area contributed by atoms with Gasteiger partial charge in [-0.1, -0.05) is 0 Å². The summed E-state index contributed by atoms with van der Waals surface area (Å²) in [4.78, 5) is 30.2. The maximum Gasteiger partial charge on any atom is 0.333 e. The van der Waals surface area contributed by atoms with Gasteiger partial charge >= 0.3 is 7.60 Å². The summed E-state index contributed by atoms with van der Waals surface area (Å²) in [6.07, 6.45) is -0.801. The average Bonchev–Trinajstić information content (AvgIpc) is 2.47. The highest BCUT2D eigenvalue weighted by Crippen LogP contribution is 2.36. The monoisotopic (exact) mass is 278 g/mol. The van der Waals surface area contributed by atoms with Crippen molar-refractivity contribution in [2.24, 2.45) is 0 Å². The zero-order chi connectivity index (χ0) is 13.3. The summed E-state index contributed by atoms with van der Waals surface area (Å²) >= 11 is 1.38. The number of Topliss-reactive ketones (excluding diaryl/α,β-unsaturated/α-hetero) is 1. The predicted octanol–water partition coefficient (Wildman–Crippen LogP) is 1.96. The van der Waals surface area contributed by atoms with Crippen LogP contribution in [0.3, 0.4) is 0 Å². The van der Waals surface area contributed by atoms with E-state index in [1.165, 1.54) is 25.2 Å². The molecule has 0 saturated carbocycles. The Bertz CT molecular complexity index is 459. The molecule has 1 aromatic rings. The molecule has 1 aromatic heterocycles. The Morgan fingerprint density at radius 2 is 2.06 bits per heavy atom. The molecule has 0 aromatic carbocycles. The number of carbonyl (C=O) groups is 1. The van der Waals surface area contributed by atoms with Crippen LogP contribution in [0, 0.1) is 6.92 Å². The highest BCUT2D eigenvalue weighted by atomic mass is 32.1. The van der Waals surface area contributed by atoms with Gasteiger partial charge in [-0.25, -0.2) is 0 Å². The summed E-state index contributed by atoms with van der Waals surface area (Å²) in [6, 6.07) is 3.58. The second kappa shape index (κ2) is 4.90. The molecule has 0 aliphatic heterocycles. The molecule has 5 nitrogen and oxygen atoms in total. The van der Waals surface area contributed by atoms with Crippen LogP contribution >= 0.6 is 18.9 Å². The first-order valence-electron chi connectivity index (χ1n) is 4.93. The van der Waals surface area contributed by atoms with Gasteiger partial charge in [0.05, 0.1) is 0 Å². The van der Waals surface area contributed by atoms with Gasteiger partial charge in [0.25, 0.3) is 0 Å². The number of rotatable bonds is 5. The molecule has 0 saturated heterocycles. The van der Waals surface area contributed by atoms with E-state index in [9.17, 15) is 9.36 Å². The number of hydrogen-bond donors (Lipinski definition) is 2. The fourth-order valence-corrected chi connectivity index (χ4v) is 2.75. The molecular formula is C10H15O5PS. The first-order chi connectivity index (χ1) is 7.60. The van der Waals surface area contributed by atoms with Gasteiger partial charge in [0.1, 0.15) is 6.16 Å². The first kappa shape index (κ1) is 14.4. The number of ether oxygens (including phenoxy) is 1. The largest absolute Gasteiger partial charge is 0.471 e. The van der Waals surface area contributed by atoms with E-state index in [0.29, 0.717) is 5.06 Å². The van der Waals surface area contributed by atoms with Crippen molar-refractivity contribution in [3.8, 4) is 5.06 Å². The molecule has 0 radical (unpaired) electrons. The molecule has 7 heteroatoms. The van der Waals surface area contributed by atoms with E-state index in [-0.39, 0.29) is 0 Å². The van der Waals surface area contributed by atoms with E-state index >= 15 is 0 Å². The van der Waals surface area contributed by atoms with Crippen molar-refractivity contribution in [3.63, 3.8) is 0 Å². The Morgan fingerprint density at radius 1 is 1.47 bits per heavy atom. The Hall–Kier alpha value is -0.680. The van der Waals surface area contributed by atoms with Crippen molar-refractivity contribution in [2.45, 2.75) is 26.4 Å². The van der Waals surface area contributed by atoms with Crippen LogP contribution in [-0.2, 0) is 9.36 Å². The number of aryl methyl sites for hydroxylation is 1. The third-order valence-electron chi connectivity index (χ3n) is 2.09. The summed E-state index contributed by atoms with van der Waals surface area (Å²) in [7, 11) is -4.34. The van der Waals surface area contributed by atoms with Crippen LogP contribution in [0.25, 0.3) is 0 Å². The van der Waals surface area contributed by atoms with Crippen LogP contribution in [0.4, 0.5) is 0 Å². The zero-order valence-corrected chi connectivity index (χ0v) is 11.5. The van der Waals surface area contributed by atoms with Crippen LogP contribution < -0.4 is 4.74 Å². The van der Waals surface area contributed by atoms with Crippen molar-refractivity contribution in [3.05, 3.63) is 17.0 Å². The molecule has 0 atom stereocenters. The van der Waals surface area contributed by atoms with Gasteiger partial charge in [0, 0.05) is 4.88 Å². The molecule has 0 spiro atoms. The highest BCUT2D eigenvalue weighted by molar-refractivity contribution is 7.52. The van der Waals surface area contributed by atoms with Gasteiger partial charge < -0.3 is 14.5 Å². The summed E-state index contributed by atoms with van der Waals surface area (Å²) in [6.45, 7) is 4.90. The Morgan fingerprint density at radius 3 is 2.47 bits per heavy atom. The molecule has 0 bridgehead atoms. The molecule has 0 fully saturated rings. The highest BCUT2D eigenvalue weighted by Gasteiger charge is 2.34. The van der Waals surface area contributed by atoms with E-state index in [0.717, 1.165) is 4.88 Å². The Kier molecular flexibility index (Phi) is 4.15. The maximum absolute atomic E-state index is 11.7. The predicted molar refractivity (Wildman–Crippen MR) is 65.7 cm³/mol. The lowest BCUT2D eigenvalue weighted by Crippen LogP contribution is -2.39. The SMILES string of the molecule is Cc1ccc(OC(C)(C)C(=O)CP(=O)(O)O)s1. The van der Waals surface area contributed by atoms with E-state index in [4.69, 9.17) is 14.5 Å². The number of thiophene rings is 1. The second-order valence-electron chi connectivity index (χ2n) is 4.22. The second-order valence-corrected chi connectivity index (χ2v) is 7.12. The number of hydrogen-bond acceptors (Lipinski definition) is 4. The van der Waals surface area contributed by atoms with Crippen LogP contribution in [0.1, 0.15) is 18.7 Å². The van der Waals surface area contributed by atoms with Gasteiger partial charge in [-0.05, 0) is 32.9 Å². The minimum absolute atomic E-state index is 0.562. The number of carbonyl (C=O) groups excluding carboxylic acids is 1. The molecule has 96 valence electrons. The van der Waals surface area contributed by atoms with Gasteiger partial charge in [0.2, 0.25) is 0 Å². The molecule has 1 heterocycles. The summed E-state index contributed by atoms with van der Waals surface area (Å²) in [5, 5.41) is 0.562. The van der Waals surface area contributed by atoms with Gasteiger partial charge in [-0.2, -0.15) is 0 Å². The topological polar surface area (TPSA) is 83.8 Å². The van der Waals surface area contributed by atoms with Crippen LogP contribution in [-0.4, -0.2) is 27.3 Å². The van der Waals surface area contributed by atoms with Crippen LogP contribution in [0.15, 0.2) is 12.1 Å². The van der Waals surface area contributed by atoms with Crippen LogP contribution in [0.2, 0.25) is 0 Å². The quantitative estimate of drug-likeness (QED) is 0.804. The lowest BCUT2D eigenvalue weighted by Gasteiger charge is -2.24. The fourth-order valence-electron chi connectivity index (χ4n) is 1.15. The van der Waals surface area contributed by atoms with Crippen LogP contribution in [0.5, 0.6) is 5.06 Å². The normalized spacial score (nSPS) is 12.5. The zero-order valence-electron chi connectivity index (χ0n) is 9.84. The van der Waals surface area contributed by atoms with Crippen molar-refractivity contribution in [1.82, 2.24) is 0 Å². The fraction of sp³-hybridized carbons (Fsp3) is 0.500. The number of ketones is 1. The molecule has 17 heavy (non-hydrogen) atoms. The average molecular weight is 278 g/mol. The van der Waals surface area contributed by atoms with Gasteiger partial charge in [-0.15, -0.1) is 11.3 Å². The minimum atomic E-state index is -4.34. The van der Waals surface area contributed by atoms with Gasteiger partial charge in [-0.3, -0.25) is 9.36 Å². The molecule has 0 aliphatic rings. The van der Waals surface area contributed by atoms with Gasteiger partial charge in [0.15, 0.2) is 16.4 Å². The Labute approximate surface area is 104 Å². The van der Waals surface area contributed by atoms with Crippen molar-refractivity contribution < 1.29 is 23.9 Å².